The first-order valence-corrected chi connectivity index (χ1v) is 6.75. The number of aryl methyl sites for hydroxylation is 2. The Labute approximate surface area is 118 Å². The molecule has 20 heavy (non-hydrogen) atoms. The normalized spacial score (nSPS) is 11.4. The zero-order valence-corrected chi connectivity index (χ0v) is 12.1. The zero-order chi connectivity index (χ0) is 14.3. The Morgan fingerprint density at radius 1 is 1.25 bits per heavy atom. The molecule has 0 atom stereocenters. The summed E-state index contributed by atoms with van der Waals surface area (Å²) in [6.07, 6.45) is 2.63. The molecule has 5 nitrogen and oxygen atoms in total. The molecule has 2 heterocycles. The summed E-state index contributed by atoms with van der Waals surface area (Å²) in [7, 11) is 4.05. The molecule has 0 aliphatic heterocycles. The van der Waals surface area contributed by atoms with Crippen LogP contribution in [0.1, 0.15) is 11.5 Å². The van der Waals surface area contributed by atoms with Gasteiger partial charge in [-0.05, 0) is 25.6 Å². The van der Waals surface area contributed by atoms with Gasteiger partial charge in [0.2, 0.25) is 0 Å². The van der Waals surface area contributed by atoms with Crippen LogP contribution in [0.15, 0.2) is 24.5 Å². The van der Waals surface area contributed by atoms with Crippen LogP contribution in [-0.2, 0) is 20.5 Å². The van der Waals surface area contributed by atoms with E-state index < -0.39 is 0 Å². The van der Waals surface area contributed by atoms with Gasteiger partial charge < -0.3 is 14.9 Å². The molecule has 2 N–H and O–H groups in total. The topological polar surface area (TPSA) is 61.7 Å². The molecule has 3 aromatic rings. The van der Waals surface area contributed by atoms with E-state index in [0.717, 1.165) is 40.2 Å². The average Bonchev–Trinajstić information content (AvgIpc) is 2.92. The summed E-state index contributed by atoms with van der Waals surface area (Å²) in [4.78, 5) is 9.04. The molecular weight excluding hydrogens is 250 g/mol. The third-order valence-electron chi connectivity index (χ3n) is 3.73. The second kappa shape index (κ2) is 4.76. The van der Waals surface area contributed by atoms with Crippen LogP contribution in [0, 0.1) is 6.92 Å². The number of benzene rings is 1. The molecule has 0 unspecified atom stereocenters. The lowest BCUT2D eigenvalue weighted by Crippen LogP contribution is -2.08. The molecule has 104 valence electrons. The van der Waals surface area contributed by atoms with E-state index in [2.05, 4.69) is 32.7 Å². The highest BCUT2D eigenvalue weighted by atomic mass is 15.1. The molecule has 0 spiro atoms. The van der Waals surface area contributed by atoms with Crippen molar-refractivity contribution in [3.05, 3.63) is 36.0 Å². The number of aromatic nitrogens is 4. The maximum atomic E-state index is 5.64. The van der Waals surface area contributed by atoms with Crippen molar-refractivity contribution in [2.45, 2.75) is 13.3 Å². The van der Waals surface area contributed by atoms with Gasteiger partial charge in [0.05, 0.1) is 28.7 Å². The molecule has 0 fully saturated rings. The van der Waals surface area contributed by atoms with Gasteiger partial charge in [-0.15, -0.1) is 0 Å². The summed E-state index contributed by atoms with van der Waals surface area (Å²) in [6.45, 7) is 2.65. The van der Waals surface area contributed by atoms with Gasteiger partial charge in [0.25, 0.3) is 0 Å². The van der Waals surface area contributed by atoms with E-state index >= 15 is 0 Å². The van der Waals surface area contributed by atoms with Crippen molar-refractivity contribution in [3.8, 4) is 11.3 Å². The number of nitrogens with two attached hydrogens (primary N) is 1. The number of hydrogen-bond donors (Lipinski definition) is 1. The van der Waals surface area contributed by atoms with Crippen molar-refractivity contribution in [2.75, 3.05) is 6.54 Å². The van der Waals surface area contributed by atoms with E-state index in [1.807, 2.05) is 31.9 Å². The number of hydrogen-bond acceptors (Lipinski definition) is 3. The van der Waals surface area contributed by atoms with E-state index in [-0.39, 0.29) is 0 Å². The van der Waals surface area contributed by atoms with Crippen LogP contribution in [0.2, 0.25) is 0 Å². The summed E-state index contributed by atoms with van der Waals surface area (Å²) in [5, 5.41) is 0. The lowest BCUT2D eigenvalue weighted by molar-refractivity contribution is 0.782. The number of fused-ring (bicyclic) bond motifs is 1. The summed E-state index contributed by atoms with van der Waals surface area (Å²) < 4.78 is 4.15. The first-order chi connectivity index (χ1) is 9.61. The Morgan fingerprint density at radius 2 is 2.05 bits per heavy atom. The molecule has 0 aliphatic carbocycles. The Balaban J connectivity index is 2.15. The quantitative estimate of drug-likeness (QED) is 0.788. The summed E-state index contributed by atoms with van der Waals surface area (Å²) in [5.41, 5.74) is 11.1. The average molecular weight is 269 g/mol. The molecule has 2 aromatic heterocycles. The summed E-state index contributed by atoms with van der Waals surface area (Å²) >= 11 is 0. The first-order valence-electron chi connectivity index (χ1n) is 6.75. The summed E-state index contributed by atoms with van der Waals surface area (Å²) in [5.74, 6) is 1.03. The van der Waals surface area contributed by atoms with Crippen molar-refractivity contribution in [3.63, 3.8) is 0 Å². The minimum atomic E-state index is 0.614. The van der Waals surface area contributed by atoms with E-state index in [0.29, 0.717) is 6.54 Å². The Bertz CT molecular complexity index is 766. The lowest BCUT2D eigenvalue weighted by Gasteiger charge is -2.07. The van der Waals surface area contributed by atoms with Gasteiger partial charge in [-0.1, -0.05) is 6.07 Å². The third kappa shape index (κ3) is 1.91. The smallest absolute Gasteiger partial charge is 0.110 e. The number of rotatable bonds is 3. The van der Waals surface area contributed by atoms with Gasteiger partial charge in [0, 0.05) is 26.1 Å². The molecule has 0 bridgehead atoms. The number of nitrogens with zero attached hydrogens (tertiary/aromatic N) is 4. The molecule has 1 aromatic carbocycles. The van der Waals surface area contributed by atoms with Crippen molar-refractivity contribution >= 4 is 11.0 Å². The lowest BCUT2D eigenvalue weighted by atomic mass is 10.1. The van der Waals surface area contributed by atoms with Gasteiger partial charge in [0.1, 0.15) is 5.82 Å². The molecular formula is C15H19N5. The minimum absolute atomic E-state index is 0.614. The largest absolute Gasteiger partial charge is 0.334 e. The monoisotopic (exact) mass is 269 g/mol. The standard InChI is InChI=1S/C15H19N5/c1-10-15(20(3)14(18-10)6-7-16)11-4-5-13-12(8-11)17-9-19(13)2/h4-5,8-9H,6-7,16H2,1-3H3. The highest BCUT2D eigenvalue weighted by molar-refractivity contribution is 5.81. The van der Waals surface area contributed by atoms with Crippen molar-refractivity contribution < 1.29 is 0 Å². The van der Waals surface area contributed by atoms with Crippen LogP contribution in [0.4, 0.5) is 0 Å². The Morgan fingerprint density at radius 3 is 2.80 bits per heavy atom. The SMILES string of the molecule is Cc1nc(CCN)n(C)c1-c1ccc2c(c1)ncn2C. The Hall–Kier alpha value is -2.14. The van der Waals surface area contributed by atoms with E-state index in [1.54, 1.807) is 0 Å². The van der Waals surface area contributed by atoms with E-state index in [4.69, 9.17) is 5.73 Å². The van der Waals surface area contributed by atoms with Crippen LogP contribution in [0.25, 0.3) is 22.3 Å². The highest BCUT2D eigenvalue weighted by Crippen LogP contribution is 2.27. The predicted molar refractivity (Wildman–Crippen MR) is 80.4 cm³/mol. The van der Waals surface area contributed by atoms with Crippen LogP contribution >= 0.6 is 0 Å². The molecule has 0 radical (unpaired) electrons. The summed E-state index contributed by atoms with van der Waals surface area (Å²) in [6, 6.07) is 6.35. The fourth-order valence-corrected chi connectivity index (χ4v) is 2.73. The maximum Gasteiger partial charge on any atom is 0.110 e. The molecule has 5 heteroatoms. The third-order valence-corrected chi connectivity index (χ3v) is 3.73. The van der Waals surface area contributed by atoms with E-state index in [9.17, 15) is 0 Å². The number of imidazole rings is 2. The van der Waals surface area contributed by atoms with Crippen LogP contribution in [0.5, 0.6) is 0 Å². The molecule has 0 saturated heterocycles. The fraction of sp³-hybridized carbons (Fsp3) is 0.333. The maximum absolute atomic E-state index is 5.64. The van der Waals surface area contributed by atoms with Crippen molar-refractivity contribution in [1.82, 2.24) is 19.1 Å². The van der Waals surface area contributed by atoms with Gasteiger partial charge in [-0.2, -0.15) is 0 Å². The fourth-order valence-electron chi connectivity index (χ4n) is 2.73. The van der Waals surface area contributed by atoms with Gasteiger partial charge in [-0.25, -0.2) is 9.97 Å². The zero-order valence-electron chi connectivity index (χ0n) is 12.1. The van der Waals surface area contributed by atoms with Crippen molar-refractivity contribution in [2.24, 2.45) is 19.8 Å². The Kier molecular flexibility index (Phi) is 3.06. The molecule has 0 aliphatic rings. The van der Waals surface area contributed by atoms with Crippen LogP contribution < -0.4 is 5.73 Å². The molecule has 0 amide bonds. The second-order valence-electron chi connectivity index (χ2n) is 5.12. The van der Waals surface area contributed by atoms with Gasteiger partial charge >= 0.3 is 0 Å². The second-order valence-corrected chi connectivity index (χ2v) is 5.12. The van der Waals surface area contributed by atoms with Crippen LogP contribution in [0.3, 0.4) is 0 Å². The predicted octanol–water partition coefficient (Wildman–Crippen LogP) is 1.78. The molecule has 3 rings (SSSR count). The van der Waals surface area contributed by atoms with Crippen LogP contribution in [-0.4, -0.2) is 25.6 Å². The molecule has 0 saturated carbocycles. The van der Waals surface area contributed by atoms with Crippen molar-refractivity contribution in [1.29, 1.82) is 0 Å². The van der Waals surface area contributed by atoms with E-state index in [1.165, 1.54) is 0 Å². The highest BCUT2D eigenvalue weighted by Gasteiger charge is 2.13. The van der Waals surface area contributed by atoms with Gasteiger partial charge in [-0.3, -0.25) is 0 Å². The first kappa shape index (κ1) is 12.9. The minimum Gasteiger partial charge on any atom is -0.334 e. The van der Waals surface area contributed by atoms with Gasteiger partial charge in [0.15, 0.2) is 0 Å².